The predicted molar refractivity (Wildman–Crippen MR) is 96.3 cm³/mol. The predicted octanol–water partition coefficient (Wildman–Crippen LogP) is 2.85. The second kappa shape index (κ2) is 7.44. The van der Waals surface area contributed by atoms with Crippen molar-refractivity contribution in [2.45, 2.75) is 49.1 Å². The van der Waals surface area contributed by atoms with Gasteiger partial charge in [0.15, 0.2) is 5.82 Å². The number of halogens is 1. The minimum Gasteiger partial charge on any atom is -0.352 e. The second-order valence-corrected chi connectivity index (χ2v) is 7.62. The molecule has 0 spiro atoms. The highest BCUT2D eigenvalue weighted by Crippen LogP contribution is 2.29. The lowest BCUT2D eigenvalue weighted by Crippen LogP contribution is -2.37. The molecule has 1 heterocycles. The fraction of sp³-hybridized carbons (Fsp3) is 0.438. The Morgan fingerprint density at radius 1 is 1.38 bits per heavy atom. The first kappa shape index (κ1) is 17.1. The number of amides is 1. The van der Waals surface area contributed by atoms with Gasteiger partial charge in [0.2, 0.25) is 11.1 Å². The van der Waals surface area contributed by atoms with Crippen LogP contribution >= 0.6 is 23.4 Å². The summed E-state index contributed by atoms with van der Waals surface area (Å²) < 4.78 is 1.38. The Morgan fingerprint density at radius 3 is 2.79 bits per heavy atom. The van der Waals surface area contributed by atoms with E-state index < -0.39 is 0 Å². The summed E-state index contributed by atoms with van der Waals surface area (Å²) in [5, 5.41) is 12.0. The number of carbonyl (C=O) groups excluding carboxylic acids is 1. The van der Waals surface area contributed by atoms with Gasteiger partial charge in [-0.15, -0.1) is 10.2 Å². The van der Waals surface area contributed by atoms with Gasteiger partial charge in [-0.3, -0.25) is 4.79 Å². The molecule has 1 atom stereocenters. The number of thioether (sulfide) groups is 1. The maximum absolute atomic E-state index is 12.3. The molecule has 2 aromatic rings. The van der Waals surface area contributed by atoms with Crippen LogP contribution in [0.25, 0.3) is 11.4 Å². The number of carbonyl (C=O) groups is 1. The highest BCUT2D eigenvalue weighted by molar-refractivity contribution is 8.00. The average Bonchev–Trinajstić information content (AvgIpc) is 3.19. The molecule has 0 radical (unpaired) electrons. The summed E-state index contributed by atoms with van der Waals surface area (Å²) in [6.07, 6.45) is 4.50. The van der Waals surface area contributed by atoms with Crippen LogP contribution in [0.15, 0.2) is 29.4 Å². The van der Waals surface area contributed by atoms with Crippen molar-refractivity contribution in [2.24, 2.45) is 0 Å². The molecule has 1 aliphatic carbocycles. The van der Waals surface area contributed by atoms with Crippen LogP contribution in [0.4, 0.5) is 0 Å². The molecule has 1 amide bonds. The highest BCUT2D eigenvalue weighted by atomic mass is 35.5. The van der Waals surface area contributed by atoms with Crippen LogP contribution < -0.4 is 11.2 Å². The van der Waals surface area contributed by atoms with Crippen LogP contribution in [0.1, 0.15) is 32.6 Å². The molecule has 8 heteroatoms. The van der Waals surface area contributed by atoms with Crippen molar-refractivity contribution in [1.29, 1.82) is 0 Å². The molecule has 6 nitrogen and oxygen atoms in total. The van der Waals surface area contributed by atoms with E-state index in [-0.39, 0.29) is 11.2 Å². The quantitative estimate of drug-likeness (QED) is 0.628. The highest BCUT2D eigenvalue weighted by Gasteiger charge is 2.24. The van der Waals surface area contributed by atoms with Gasteiger partial charge in [-0.25, -0.2) is 4.68 Å². The summed E-state index contributed by atoms with van der Waals surface area (Å²) in [4.78, 5) is 12.3. The van der Waals surface area contributed by atoms with Gasteiger partial charge >= 0.3 is 0 Å². The molecule has 1 aromatic carbocycles. The summed E-state index contributed by atoms with van der Waals surface area (Å²) in [5.74, 6) is 6.58. The van der Waals surface area contributed by atoms with Crippen LogP contribution in [0.2, 0.25) is 5.02 Å². The number of nitrogens with two attached hydrogens (primary N) is 1. The summed E-state index contributed by atoms with van der Waals surface area (Å²) in [6, 6.07) is 7.61. The van der Waals surface area contributed by atoms with Gasteiger partial charge in [0, 0.05) is 11.6 Å². The van der Waals surface area contributed by atoms with Gasteiger partial charge in [0.05, 0.1) is 10.3 Å². The first-order chi connectivity index (χ1) is 11.6. The number of nitrogens with one attached hydrogen (secondary N) is 1. The van der Waals surface area contributed by atoms with Crippen molar-refractivity contribution in [3.8, 4) is 11.4 Å². The lowest BCUT2D eigenvalue weighted by Gasteiger charge is -2.15. The normalized spacial score (nSPS) is 16.2. The van der Waals surface area contributed by atoms with E-state index in [1.54, 1.807) is 6.07 Å². The maximum atomic E-state index is 12.3. The van der Waals surface area contributed by atoms with Gasteiger partial charge in [0.25, 0.3) is 0 Å². The second-order valence-electron chi connectivity index (χ2n) is 5.91. The molecule has 24 heavy (non-hydrogen) atoms. The van der Waals surface area contributed by atoms with E-state index in [4.69, 9.17) is 17.4 Å². The zero-order chi connectivity index (χ0) is 17.1. The average molecular weight is 366 g/mol. The zero-order valence-electron chi connectivity index (χ0n) is 13.4. The van der Waals surface area contributed by atoms with Crippen molar-refractivity contribution < 1.29 is 4.79 Å². The van der Waals surface area contributed by atoms with E-state index >= 15 is 0 Å². The number of benzene rings is 1. The van der Waals surface area contributed by atoms with Crippen LogP contribution in [-0.4, -0.2) is 32.1 Å². The molecule has 1 aliphatic rings. The third-order valence-corrected chi connectivity index (χ3v) is 5.52. The largest absolute Gasteiger partial charge is 0.352 e. The molecule has 0 unspecified atom stereocenters. The van der Waals surface area contributed by atoms with Gasteiger partial charge in [0.1, 0.15) is 0 Å². The van der Waals surface area contributed by atoms with Gasteiger partial charge in [-0.1, -0.05) is 48.3 Å². The monoisotopic (exact) mass is 365 g/mol. The first-order valence-electron chi connectivity index (χ1n) is 7.98. The van der Waals surface area contributed by atoms with Crippen LogP contribution in [0, 0.1) is 0 Å². The van der Waals surface area contributed by atoms with Crippen molar-refractivity contribution in [3.63, 3.8) is 0 Å². The van der Waals surface area contributed by atoms with Gasteiger partial charge in [-0.2, -0.15) is 0 Å². The van der Waals surface area contributed by atoms with Crippen molar-refractivity contribution in [2.75, 3.05) is 5.84 Å². The van der Waals surface area contributed by atoms with E-state index in [1.807, 2.05) is 25.1 Å². The topological polar surface area (TPSA) is 85.8 Å². The minimum absolute atomic E-state index is 0.00851. The fourth-order valence-electron chi connectivity index (χ4n) is 2.78. The van der Waals surface area contributed by atoms with Crippen LogP contribution in [-0.2, 0) is 4.79 Å². The lowest BCUT2D eigenvalue weighted by atomic mass is 10.2. The van der Waals surface area contributed by atoms with E-state index in [1.165, 1.54) is 29.3 Å². The minimum atomic E-state index is -0.295. The van der Waals surface area contributed by atoms with Crippen molar-refractivity contribution in [3.05, 3.63) is 29.3 Å². The summed E-state index contributed by atoms with van der Waals surface area (Å²) >= 11 is 7.48. The molecule has 3 rings (SSSR count). The van der Waals surface area contributed by atoms with Crippen LogP contribution in [0.3, 0.4) is 0 Å². The number of hydrogen-bond acceptors (Lipinski definition) is 5. The first-order valence-corrected chi connectivity index (χ1v) is 9.24. The standard InChI is InChI=1S/C16H20ClN5OS/c1-10(15(23)19-11-6-2-3-7-11)24-16-21-20-14(22(16)18)12-8-4-5-9-13(12)17/h4-5,8-11H,2-3,6-7,18H2,1H3,(H,19,23)/t10-/m0/s1. The molecular weight excluding hydrogens is 346 g/mol. The Labute approximate surface area is 150 Å². The summed E-state index contributed by atoms with van der Waals surface area (Å²) in [5.41, 5.74) is 0.712. The smallest absolute Gasteiger partial charge is 0.233 e. The molecule has 0 bridgehead atoms. The van der Waals surface area contributed by atoms with E-state index in [0.717, 1.165) is 12.8 Å². The Bertz CT molecular complexity index is 729. The molecule has 1 saturated carbocycles. The van der Waals surface area contributed by atoms with E-state index in [2.05, 4.69) is 15.5 Å². The van der Waals surface area contributed by atoms with Gasteiger partial charge < -0.3 is 11.2 Å². The third kappa shape index (κ3) is 3.67. The Balaban J connectivity index is 1.69. The third-order valence-electron chi connectivity index (χ3n) is 4.13. The Hall–Kier alpha value is -1.73. The fourth-order valence-corrected chi connectivity index (χ4v) is 3.78. The molecular formula is C16H20ClN5OS. The molecule has 1 aromatic heterocycles. The number of rotatable bonds is 5. The van der Waals surface area contributed by atoms with E-state index in [9.17, 15) is 4.79 Å². The Kier molecular flexibility index (Phi) is 5.30. The number of aromatic nitrogens is 3. The molecule has 0 aliphatic heterocycles. The summed E-state index contributed by atoms with van der Waals surface area (Å²) in [6.45, 7) is 1.85. The van der Waals surface area contributed by atoms with Crippen LogP contribution in [0.5, 0.6) is 0 Å². The molecule has 0 saturated heterocycles. The summed E-state index contributed by atoms with van der Waals surface area (Å²) in [7, 11) is 0. The Morgan fingerprint density at radius 2 is 2.08 bits per heavy atom. The zero-order valence-corrected chi connectivity index (χ0v) is 15.0. The van der Waals surface area contributed by atoms with Gasteiger partial charge in [-0.05, 0) is 31.9 Å². The lowest BCUT2D eigenvalue weighted by molar-refractivity contribution is -0.120. The van der Waals surface area contributed by atoms with Crippen molar-refractivity contribution >= 4 is 29.3 Å². The maximum Gasteiger partial charge on any atom is 0.233 e. The molecule has 1 fully saturated rings. The molecule has 3 N–H and O–H groups in total. The number of nitrogen functional groups attached to an aromatic ring is 1. The molecule has 128 valence electrons. The SMILES string of the molecule is C[C@H](Sc1nnc(-c2ccccc2Cl)n1N)C(=O)NC1CCCC1. The number of nitrogens with zero attached hydrogens (tertiary/aromatic N) is 3. The van der Waals surface area contributed by atoms with E-state index in [0.29, 0.717) is 27.6 Å². The number of hydrogen-bond donors (Lipinski definition) is 2. The van der Waals surface area contributed by atoms with Crippen molar-refractivity contribution in [1.82, 2.24) is 20.2 Å².